The van der Waals surface area contributed by atoms with Crippen molar-refractivity contribution in [3.63, 3.8) is 0 Å². The fraction of sp³-hybridized carbons (Fsp3) is 0.700. The van der Waals surface area contributed by atoms with Crippen molar-refractivity contribution >= 4 is 5.71 Å². The Hall–Kier alpha value is -0.790. The molecule has 1 aliphatic rings. The van der Waals surface area contributed by atoms with E-state index in [4.69, 9.17) is 5.21 Å². The normalized spacial score (nSPS) is 27.8. The summed E-state index contributed by atoms with van der Waals surface area (Å²) in [5.74, 6) is 0.666. The van der Waals surface area contributed by atoms with Crippen LogP contribution in [0.2, 0.25) is 0 Å². The van der Waals surface area contributed by atoms with Crippen molar-refractivity contribution in [3.05, 3.63) is 11.1 Å². The van der Waals surface area contributed by atoms with Gasteiger partial charge in [0, 0.05) is 0 Å². The summed E-state index contributed by atoms with van der Waals surface area (Å²) in [6, 6.07) is 0. The minimum absolute atomic E-state index is 0.666. The van der Waals surface area contributed by atoms with E-state index in [0.717, 1.165) is 18.6 Å². The van der Waals surface area contributed by atoms with Crippen molar-refractivity contribution in [2.24, 2.45) is 11.1 Å². The van der Waals surface area contributed by atoms with Crippen LogP contribution in [0.15, 0.2) is 16.3 Å². The van der Waals surface area contributed by atoms with E-state index >= 15 is 0 Å². The van der Waals surface area contributed by atoms with E-state index in [2.05, 4.69) is 25.9 Å². The van der Waals surface area contributed by atoms with E-state index in [9.17, 15) is 0 Å². The summed E-state index contributed by atoms with van der Waals surface area (Å²) in [4.78, 5) is 0. The quantitative estimate of drug-likeness (QED) is 0.436. The summed E-state index contributed by atoms with van der Waals surface area (Å²) in [6.07, 6.45) is 3.22. The second kappa shape index (κ2) is 3.74. The maximum atomic E-state index is 8.78. The van der Waals surface area contributed by atoms with Crippen LogP contribution in [-0.4, -0.2) is 10.9 Å². The van der Waals surface area contributed by atoms with Crippen molar-refractivity contribution in [3.8, 4) is 0 Å². The molecule has 0 aromatic rings. The minimum Gasteiger partial charge on any atom is -0.411 e. The summed E-state index contributed by atoms with van der Waals surface area (Å²) in [6.45, 7) is 6.36. The monoisotopic (exact) mass is 167 g/mol. The highest BCUT2D eigenvalue weighted by atomic mass is 16.4. The number of oxime groups is 1. The van der Waals surface area contributed by atoms with Gasteiger partial charge in [0.2, 0.25) is 0 Å². The van der Waals surface area contributed by atoms with Crippen LogP contribution in [0, 0.1) is 5.92 Å². The molecule has 2 nitrogen and oxygen atoms in total. The molecule has 1 rings (SSSR count). The Morgan fingerprint density at radius 2 is 2.17 bits per heavy atom. The highest BCUT2D eigenvalue weighted by molar-refractivity contribution is 6.01. The first-order valence-corrected chi connectivity index (χ1v) is 4.52. The van der Waals surface area contributed by atoms with Gasteiger partial charge < -0.3 is 5.21 Å². The third-order valence-electron chi connectivity index (χ3n) is 2.50. The lowest BCUT2D eigenvalue weighted by molar-refractivity contribution is 0.314. The van der Waals surface area contributed by atoms with E-state index in [0.29, 0.717) is 5.92 Å². The third-order valence-corrected chi connectivity index (χ3v) is 2.50. The molecule has 0 amide bonds. The Balaban J connectivity index is 2.85. The fourth-order valence-electron chi connectivity index (χ4n) is 1.73. The van der Waals surface area contributed by atoms with Gasteiger partial charge >= 0.3 is 0 Å². The molecule has 0 heterocycles. The van der Waals surface area contributed by atoms with Crippen LogP contribution in [0.5, 0.6) is 0 Å². The summed E-state index contributed by atoms with van der Waals surface area (Å²) in [5.41, 5.74) is 3.44. The molecule has 12 heavy (non-hydrogen) atoms. The van der Waals surface area contributed by atoms with Gasteiger partial charge in [0.15, 0.2) is 0 Å². The van der Waals surface area contributed by atoms with E-state index in [-0.39, 0.29) is 0 Å². The molecule has 0 spiro atoms. The van der Waals surface area contributed by atoms with Crippen LogP contribution in [0.25, 0.3) is 0 Å². The molecule has 1 unspecified atom stereocenters. The molecule has 0 aromatic carbocycles. The summed E-state index contributed by atoms with van der Waals surface area (Å²) in [5, 5.41) is 12.1. The van der Waals surface area contributed by atoms with Gasteiger partial charge in [-0.05, 0) is 44.6 Å². The standard InChI is InChI=1S/C10H17NO/c1-7(2)9-5-4-8(3)6-10(9)11-12/h8,12H,4-6H2,1-3H3/b11-10-. The Bertz CT molecular complexity index is 224. The van der Waals surface area contributed by atoms with Gasteiger partial charge in [-0.25, -0.2) is 0 Å². The zero-order valence-electron chi connectivity index (χ0n) is 8.09. The molecule has 0 saturated heterocycles. The summed E-state index contributed by atoms with van der Waals surface area (Å²) >= 11 is 0. The van der Waals surface area contributed by atoms with Crippen molar-refractivity contribution in [2.75, 3.05) is 0 Å². The summed E-state index contributed by atoms with van der Waals surface area (Å²) < 4.78 is 0. The Kier molecular flexibility index (Phi) is 2.90. The number of rotatable bonds is 0. The number of allylic oxidation sites excluding steroid dienone is 2. The van der Waals surface area contributed by atoms with E-state index in [1.807, 2.05) is 0 Å². The van der Waals surface area contributed by atoms with Gasteiger partial charge in [-0.1, -0.05) is 17.7 Å². The molecule has 0 bridgehead atoms. The predicted octanol–water partition coefficient (Wildman–Crippen LogP) is 2.97. The SMILES string of the molecule is CC(C)=C1CCC(C)C/C1=N/O. The lowest BCUT2D eigenvalue weighted by atomic mass is 9.84. The number of nitrogens with zero attached hydrogens (tertiary/aromatic N) is 1. The van der Waals surface area contributed by atoms with Crippen molar-refractivity contribution in [1.29, 1.82) is 0 Å². The van der Waals surface area contributed by atoms with Crippen molar-refractivity contribution < 1.29 is 5.21 Å². The topological polar surface area (TPSA) is 32.6 Å². The molecule has 1 atom stereocenters. The predicted molar refractivity (Wildman–Crippen MR) is 50.6 cm³/mol. The molecule has 0 radical (unpaired) electrons. The molecule has 1 fully saturated rings. The first-order valence-electron chi connectivity index (χ1n) is 4.52. The van der Waals surface area contributed by atoms with Crippen molar-refractivity contribution in [2.45, 2.75) is 40.0 Å². The van der Waals surface area contributed by atoms with Gasteiger partial charge in [-0.2, -0.15) is 0 Å². The zero-order chi connectivity index (χ0) is 9.14. The second-order valence-corrected chi connectivity index (χ2v) is 3.87. The number of hydrogen-bond acceptors (Lipinski definition) is 2. The molecule has 0 aromatic heterocycles. The third kappa shape index (κ3) is 1.87. The first kappa shape index (κ1) is 9.30. The molecule has 1 saturated carbocycles. The highest BCUT2D eigenvalue weighted by Gasteiger charge is 2.19. The minimum atomic E-state index is 0.666. The number of hydrogen-bond donors (Lipinski definition) is 1. The van der Waals surface area contributed by atoms with Crippen LogP contribution < -0.4 is 0 Å². The molecule has 0 aliphatic heterocycles. The van der Waals surface area contributed by atoms with Crippen LogP contribution in [-0.2, 0) is 0 Å². The van der Waals surface area contributed by atoms with Gasteiger partial charge in [0.05, 0.1) is 5.71 Å². The Morgan fingerprint density at radius 1 is 1.50 bits per heavy atom. The average Bonchev–Trinajstić information content (AvgIpc) is 2.03. The van der Waals surface area contributed by atoms with Crippen LogP contribution in [0.4, 0.5) is 0 Å². The Labute approximate surface area is 74.0 Å². The molecular formula is C10H17NO. The van der Waals surface area contributed by atoms with Gasteiger partial charge in [0.1, 0.15) is 0 Å². The molecule has 2 heteroatoms. The van der Waals surface area contributed by atoms with E-state index in [1.54, 1.807) is 0 Å². The van der Waals surface area contributed by atoms with Gasteiger partial charge in [-0.15, -0.1) is 0 Å². The fourth-order valence-corrected chi connectivity index (χ4v) is 1.73. The van der Waals surface area contributed by atoms with Crippen LogP contribution >= 0.6 is 0 Å². The van der Waals surface area contributed by atoms with Gasteiger partial charge in [-0.3, -0.25) is 0 Å². The first-order chi connectivity index (χ1) is 5.65. The molecular weight excluding hydrogens is 150 g/mol. The molecule has 1 aliphatic carbocycles. The lowest BCUT2D eigenvalue weighted by Gasteiger charge is -2.22. The lowest BCUT2D eigenvalue weighted by Crippen LogP contribution is -2.16. The van der Waals surface area contributed by atoms with Crippen LogP contribution in [0.1, 0.15) is 40.0 Å². The molecule has 68 valence electrons. The largest absolute Gasteiger partial charge is 0.411 e. The highest BCUT2D eigenvalue weighted by Crippen LogP contribution is 2.27. The van der Waals surface area contributed by atoms with Gasteiger partial charge in [0.25, 0.3) is 0 Å². The van der Waals surface area contributed by atoms with Crippen molar-refractivity contribution in [1.82, 2.24) is 0 Å². The Morgan fingerprint density at radius 3 is 2.67 bits per heavy atom. The molecule has 1 N–H and O–H groups in total. The smallest absolute Gasteiger partial charge is 0.0829 e. The zero-order valence-corrected chi connectivity index (χ0v) is 8.09. The summed E-state index contributed by atoms with van der Waals surface area (Å²) in [7, 11) is 0. The van der Waals surface area contributed by atoms with Crippen LogP contribution in [0.3, 0.4) is 0 Å². The maximum Gasteiger partial charge on any atom is 0.0829 e. The maximum absolute atomic E-state index is 8.78. The second-order valence-electron chi connectivity index (χ2n) is 3.87. The average molecular weight is 167 g/mol. The van der Waals surface area contributed by atoms with E-state index < -0.39 is 0 Å². The van der Waals surface area contributed by atoms with E-state index in [1.165, 1.54) is 17.6 Å².